The zero-order valence-electron chi connectivity index (χ0n) is 15.2. The third kappa shape index (κ3) is 3.15. The summed E-state index contributed by atoms with van der Waals surface area (Å²) in [5.74, 6) is -0.822. The van der Waals surface area contributed by atoms with E-state index in [1.54, 1.807) is 24.3 Å². The fourth-order valence-corrected chi connectivity index (χ4v) is 5.69. The Balaban J connectivity index is 1.71. The maximum absolute atomic E-state index is 12.8. The van der Waals surface area contributed by atoms with E-state index in [1.807, 2.05) is 11.4 Å². The number of rotatable bonds is 5. The number of likely N-dealkylation sites (N-methyl/N-ethyl adjacent to an activating group) is 1. The van der Waals surface area contributed by atoms with E-state index < -0.39 is 15.9 Å². The van der Waals surface area contributed by atoms with Crippen LogP contribution >= 0.6 is 11.3 Å². The van der Waals surface area contributed by atoms with Crippen LogP contribution in [0, 0.1) is 0 Å². The van der Waals surface area contributed by atoms with Crippen LogP contribution in [-0.2, 0) is 19.6 Å². The summed E-state index contributed by atoms with van der Waals surface area (Å²) in [5, 5.41) is 4.82. The number of carbonyl (C=O) groups is 2. The SMILES string of the molecule is CN1C(=O)C(Nc2cccc(S(=O)(=O)N3CCCC3)c2)=C(c2cccs2)C1=O. The van der Waals surface area contributed by atoms with Gasteiger partial charge in [0.25, 0.3) is 11.8 Å². The first-order chi connectivity index (χ1) is 13.4. The van der Waals surface area contributed by atoms with E-state index in [0.29, 0.717) is 29.2 Å². The van der Waals surface area contributed by atoms with Gasteiger partial charge in [-0.25, -0.2) is 8.42 Å². The van der Waals surface area contributed by atoms with Crippen molar-refractivity contribution in [1.29, 1.82) is 0 Å². The smallest absolute Gasteiger partial charge is 0.277 e. The molecule has 0 bridgehead atoms. The number of nitrogens with one attached hydrogen (secondary N) is 1. The average molecular weight is 418 g/mol. The average Bonchev–Trinajstić information content (AvgIpc) is 3.43. The molecule has 0 aliphatic carbocycles. The predicted octanol–water partition coefficient (Wildman–Crippen LogP) is 2.35. The highest BCUT2D eigenvalue weighted by Gasteiger charge is 2.37. The molecule has 0 saturated carbocycles. The fraction of sp³-hybridized carbons (Fsp3) is 0.263. The lowest BCUT2D eigenvalue weighted by Crippen LogP contribution is -2.28. The molecular formula is C19H19N3O4S2. The topological polar surface area (TPSA) is 86.8 Å². The lowest BCUT2D eigenvalue weighted by molar-refractivity contribution is -0.135. The van der Waals surface area contributed by atoms with Gasteiger partial charge in [0.15, 0.2) is 0 Å². The zero-order chi connectivity index (χ0) is 19.9. The van der Waals surface area contributed by atoms with Crippen LogP contribution in [0.3, 0.4) is 0 Å². The van der Waals surface area contributed by atoms with Crippen LogP contribution < -0.4 is 5.32 Å². The molecule has 0 atom stereocenters. The number of benzene rings is 1. The van der Waals surface area contributed by atoms with Crippen molar-refractivity contribution in [2.24, 2.45) is 0 Å². The van der Waals surface area contributed by atoms with Gasteiger partial charge in [0, 0.05) is 30.7 Å². The molecular weight excluding hydrogens is 398 g/mol. The van der Waals surface area contributed by atoms with Crippen molar-refractivity contribution in [3.8, 4) is 0 Å². The molecule has 9 heteroatoms. The van der Waals surface area contributed by atoms with Gasteiger partial charge >= 0.3 is 0 Å². The highest BCUT2D eigenvalue weighted by atomic mass is 32.2. The molecule has 146 valence electrons. The Kier molecular flexibility index (Phi) is 4.82. The Morgan fingerprint density at radius 1 is 1.04 bits per heavy atom. The number of carbonyl (C=O) groups excluding carboxylic acids is 2. The first-order valence-corrected chi connectivity index (χ1v) is 11.2. The largest absolute Gasteiger partial charge is 0.350 e. The molecule has 2 aromatic rings. The lowest BCUT2D eigenvalue weighted by Gasteiger charge is -2.16. The molecule has 7 nitrogen and oxygen atoms in total. The monoisotopic (exact) mass is 417 g/mol. The van der Waals surface area contributed by atoms with E-state index in [-0.39, 0.29) is 16.5 Å². The number of nitrogens with zero attached hydrogens (tertiary/aromatic N) is 2. The third-order valence-electron chi connectivity index (χ3n) is 4.86. The highest BCUT2D eigenvalue weighted by molar-refractivity contribution is 7.89. The summed E-state index contributed by atoms with van der Waals surface area (Å²) < 4.78 is 27.1. The molecule has 2 aliphatic heterocycles. The van der Waals surface area contributed by atoms with Crippen LogP contribution in [0.15, 0.2) is 52.4 Å². The van der Waals surface area contributed by atoms with Gasteiger partial charge in [-0.05, 0) is 42.5 Å². The van der Waals surface area contributed by atoms with E-state index in [1.165, 1.54) is 28.8 Å². The fourth-order valence-electron chi connectivity index (χ4n) is 3.36. The summed E-state index contributed by atoms with van der Waals surface area (Å²) in [7, 11) is -2.14. The number of hydrogen-bond donors (Lipinski definition) is 1. The number of amides is 2. The number of anilines is 1. The molecule has 1 saturated heterocycles. The van der Waals surface area contributed by atoms with E-state index in [4.69, 9.17) is 0 Å². The minimum atomic E-state index is -3.57. The van der Waals surface area contributed by atoms with Crippen LogP contribution in [0.25, 0.3) is 5.57 Å². The predicted molar refractivity (Wildman–Crippen MR) is 107 cm³/mol. The van der Waals surface area contributed by atoms with E-state index >= 15 is 0 Å². The molecule has 1 fully saturated rings. The molecule has 1 aromatic heterocycles. The van der Waals surface area contributed by atoms with Gasteiger partial charge in [0.05, 0.1) is 10.5 Å². The Morgan fingerprint density at radius 3 is 2.46 bits per heavy atom. The number of thiophene rings is 1. The van der Waals surface area contributed by atoms with Crippen molar-refractivity contribution in [2.75, 3.05) is 25.5 Å². The lowest BCUT2D eigenvalue weighted by atomic mass is 10.2. The zero-order valence-corrected chi connectivity index (χ0v) is 16.8. The Bertz CT molecular complexity index is 1070. The molecule has 2 amide bonds. The number of hydrogen-bond acceptors (Lipinski definition) is 6. The van der Waals surface area contributed by atoms with Crippen LogP contribution in [-0.4, -0.2) is 49.6 Å². The van der Waals surface area contributed by atoms with E-state index in [2.05, 4.69) is 5.32 Å². The van der Waals surface area contributed by atoms with Gasteiger partial charge in [0.2, 0.25) is 10.0 Å². The Labute approximate surface area is 167 Å². The second-order valence-corrected chi connectivity index (χ2v) is 9.55. The molecule has 1 aromatic carbocycles. The van der Waals surface area contributed by atoms with Gasteiger partial charge in [-0.3, -0.25) is 14.5 Å². The van der Waals surface area contributed by atoms with Crippen molar-refractivity contribution in [1.82, 2.24) is 9.21 Å². The summed E-state index contributed by atoms with van der Waals surface area (Å²) in [6.45, 7) is 1.04. The normalized spacial score (nSPS) is 18.4. The highest BCUT2D eigenvalue weighted by Crippen LogP contribution is 2.32. The van der Waals surface area contributed by atoms with Crippen molar-refractivity contribution >= 4 is 44.4 Å². The van der Waals surface area contributed by atoms with Crippen LogP contribution in [0.5, 0.6) is 0 Å². The Hall–Kier alpha value is -2.49. The van der Waals surface area contributed by atoms with Gasteiger partial charge in [-0.2, -0.15) is 4.31 Å². The quantitative estimate of drug-likeness (QED) is 0.755. The molecule has 4 rings (SSSR count). The van der Waals surface area contributed by atoms with Gasteiger partial charge < -0.3 is 5.32 Å². The van der Waals surface area contributed by atoms with Crippen molar-refractivity contribution < 1.29 is 18.0 Å². The molecule has 3 heterocycles. The molecule has 1 N–H and O–H groups in total. The van der Waals surface area contributed by atoms with Crippen molar-refractivity contribution in [3.63, 3.8) is 0 Å². The van der Waals surface area contributed by atoms with Crippen LogP contribution in [0.4, 0.5) is 5.69 Å². The number of sulfonamides is 1. The summed E-state index contributed by atoms with van der Waals surface area (Å²) in [6, 6.07) is 9.94. The minimum Gasteiger partial charge on any atom is -0.350 e. The molecule has 2 aliphatic rings. The van der Waals surface area contributed by atoms with Gasteiger partial charge in [-0.15, -0.1) is 11.3 Å². The summed E-state index contributed by atoms with van der Waals surface area (Å²) in [5.41, 5.74) is 0.904. The van der Waals surface area contributed by atoms with Crippen LogP contribution in [0.2, 0.25) is 0 Å². The molecule has 0 radical (unpaired) electrons. The van der Waals surface area contributed by atoms with Crippen molar-refractivity contribution in [2.45, 2.75) is 17.7 Å². The van der Waals surface area contributed by atoms with Crippen LogP contribution in [0.1, 0.15) is 17.7 Å². The summed E-state index contributed by atoms with van der Waals surface area (Å²) in [4.78, 5) is 27.0. The van der Waals surface area contributed by atoms with Gasteiger partial charge in [0.1, 0.15) is 5.70 Å². The minimum absolute atomic E-state index is 0.158. The maximum atomic E-state index is 12.8. The summed E-state index contributed by atoms with van der Waals surface area (Å²) in [6.07, 6.45) is 1.72. The van der Waals surface area contributed by atoms with Gasteiger partial charge in [-0.1, -0.05) is 12.1 Å². The standard InChI is InChI=1S/C19H19N3O4S2/c1-21-18(23)16(15-8-5-11-27-15)17(19(21)24)20-13-6-4-7-14(12-13)28(25,26)22-9-2-3-10-22/h4-8,11-12,20H,2-3,9-10H2,1H3. The third-order valence-corrected chi connectivity index (χ3v) is 7.64. The molecule has 0 unspecified atom stereocenters. The van der Waals surface area contributed by atoms with E-state index in [9.17, 15) is 18.0 Å². The second kappa shape index (κ2) is 7.16. The van der Waals surface area contributed by atoms with Crippen molar-refractivity contribution in [3.05, 3.63) is 52.4 Å². The summed E-state index contributed by atoms with van der Waals surface area (Å²) >= 11 is 1.37. The van der Waals surface area contributed by atoms with E-state index in [0.717, 1.165) is 17.7 Å². The second-order valence-electron chi connectivity index (χ2n) is 6.66. The number of imide groups is 1. The Morgan fingerprint density at radius 2 is 1.79 bits per heavy atom. The first-order valence-electron chi connectivity index (χ1n) is 8.87. The first kappa shape index (κ1) is 18.9. The maximum Gasteiger partial charge on any atom is 0.277 e. The molecule has 0 spiro atoms. The molecule has 28 heavy (non-hydrogen) atoms.